The van der Waals surface area contributed by atoms with E-state index in [9.17, 15) is 4.39 Å². The molecule has 1 aromatic carbocycles. The zero-order chi connectivity index (χ0) is 15.5. The quantitative estimate of drug-likeness (QED) is 0.860. The number of anilines is 2. The largest absolute Gasteiger partial charge is 0.314 e. The Balaban J connectivity index is 1.75. The smallest absolute Gasteiger partial charge is 0.231 e. The summed E-state index contributed by atoms with van der Waals surface area (Å²) < 4.78 is 15.1. The van der Waals surface area contributed by atoms with E-state index in [4.69, 9.17) is 0 Å². The van der Waals surface area contributed by atoms with E-state index in [1.165, 1.54) is 44.2 Å². The van der Waals surface area contributed by atoms with Gasteiger partial charge in [-0.2, -0.15) is 0 Å². The summed E-state index contributed by atoms with van der Waals surface area (Å²) in [6.45, 7) is 0. The van der Waals surface area contributed by atoms with Gasteiger partial charge >= 0.3 is 0 Å². The Labute approximate surface area is 131 Å². The Morgan fingerprint density at radius 2 is 1.82 bits per heavy atom. The number of hydrogen-bond donors (Lipinski definition) is 0. The minimum atomic E-state index is -0.229. The van der Waals surface area contributed by atoms with Crippen LogP contribution in [0.2, 0.25) is 0 Å². The fourth-order valence-corrected chi connectivity index (χ4v) is 3.25. The third-order valence-electron chi connectivity index (χ3n) is 4.65. The van der Waals surface area contributed by atoms with Crippen LogP contribution in [-0.2, 0) is 13.5 Å². The molecule has 0 bridgehead atoms. The SMILES string of the molecule is CN(c1ccc(F)cc1)c1nnc(CC2CCCCC2)n1C. The second-order valence-corrected chi connectivity index (χ2v) is 6.22. The molecular weight excluding hydrogens is 279 g/mol. The standard InChI is InChI=1S/C17H23FN4/c1-21(15-10-8-14(18)9-11-15)17-20-19-16(22(17)2)12-13-6-4-3-5-7-13/h8-11,13H,3-7,12H2,1-2H3. The van der Waals surface area contributed by atoms with Crippen molar-refractivity contribution in [2.24, 2.45) is 13.0 Å². The van der Waals surface area contributed by atoms with Gasteiger partial charge in [-0.1, -0.05) is 32.1 Å². The fraction of sp³-hybridized carbons (Fsp3) is 0.529. The minimum Gasteiger partial charge on any atom is -0.314 e. The molecule has 5 heteroatoms. The highest BCUT2D eigenvalue weighted by molar-refractivity contribution is 5.56. The van der Waals surface area contributed by atoms with E-state index in [1.54, 1.807) is 12.1 Å². The number of hydrogen-bond acceptors (Lipinski definition) is 3. The van der Waals surface area contributed by atoms with Crippen LogP contribution in [0.5, 0.6) is 0 Å². The molecule has 0 amide bonds. The molecular formula is C17H23FN4. The van der Waals surface area contributed by atoms with Gasteiger partial charge in [0.15, 0.2) is 0 Å². The van der Waals surface area contributed by atoms with E-state index in [-0.39, 0.29) is 5.82 Å². The second-order valence-electron chi connectivity index (χ2n) is 6.22. The van der Waals surface area contributed by atoms with Gasteiger partial charge in [0.25, 0.3) is 0 Å². The van der Waals surface area contributed by atoms with Crippen LogP contribution in [0.15, 0.2) is 24.3 Å². The molecule has 1 saturated carbocycles. The van der Waals surface area contributed by atoms with Crippen molar-refractivity contribution in [2.75, 3.05) is 11.9 Å². The molecule has 4 nitrogen and oxygen atoms in total. The number of halogens is 1. The Hall–Kier alpha value is -1.91. The van der Waals surface area contributed by atoms with Crippen molar-refractivity contribution in [1.82, 2.24) is 14.8 Å². The summed E-state index contributed by atoms with van der Waals surface area (Å²) in [5.74, 6) is 2.34. The maximum atomic E-state index is 13.0. The van der Waals surface area contributed by atoms with Gasteiger partial charge in [-0.15, -0.1) is 10.2 Å². The summed E-state index contributed by atoms with van der Waals surface area (Å²) in [7, 11) is 3.94. The Bertz CT molecular complexity index is 614. The van der Waals surface area contributed by atoms with Crippen LogP contribution in [0.4, 0.5) is 16.0 Å². The van der Waals surface area contributed by atoms with Gasteiger partial charge in [0.05, 0.1) is 0 Å². The van der Waals surface area contributed by atoms with Gasteiger partial charge in [0.1, 0.15) is 11.6 Å². The summed E-state index contributed by atoms with van der Waals surface area (Å²) in [5.41, 5.74) is 0.904. The molecule has 0 N–H and O–H groups in total. The van der Waals surface area contributed by atoms with E-state index in [2.05, 4.69) is 14.8 Å². The molecule has 1 aromatic heterocycles. The molecule has 0 aliphatic heterocycles. The van der Waals surface area contributed by atoms with Crippen molar-refractivity contribution in [1.29, 1.82) is 0 Å². The average molecular weight is 302 g/mol. The predicted molar refractivity (Wildman–Crippen MR) is 85.7 cm³/mol. The molecule has 1 fully saturated rings. The first kappa shape index (κ1) is 15.0. The van der Waals surface area contributed by atoms with Gasteiger partial charge in [0, 0.05) is 26.2 Å². The molecule has 118 valence electrons. The molecule has 0 unspecified atom stereocenters. The highest BCUT2D eigenvalue weighted by atomic mass is 19.1. The minimum absolute atomic E-state index is 0.229. The molecule has 1 aliphatic carbocycles. The summed E-state index contributed by atoms with van der Waals surface area (Å²) in [5, 5.41) is 8.70. The fourth-order valence-electron chi connectivity index (χ4n) is 3.25. The average Bonchev–Trinajstić information content (AvgIpc) is 2.89. The van der Waals surface area contributed by atoms with E-state index in [0.717, 1.165) is 29.8 Å². The molecule has 1 heterocycles. The topological polar surface area (TPSA) is 34.0 Å². The van der Waals surface area contributed by atoms with E-state index in [0.29, 0.717) is 0 Å². The summed E-state index contributed by atoms with van der Waals surface area (Å²) >= 11 is 0. The zero-order valence-electron chi connectivity index (χ0n) is 13.3. The van der Waals surface area contributed by atoms with Gasteiger partial charge < -0.3 is 9.47 Å². The van der Waals surface area contributed by atoms with Gasteiger partial charge in [-0.3, -0.25) is 0 Å². The van der Waals surface area contributed by atoms with Crippen LogP contribution < -0.4 is 4.90 Å². The lowest BCUT2D eigenvalue weighted by atomic mass is 9.87. The van der Waals surface area contributed by atoms with Crippen LogP contribution in [-0.4, -0.2) is 21.8 Å². The lowest BCUT2D eigenvalue weighted by Gasteiger charge is -2.21. The van der Waals surface area contributed by atoms with Crippen LogP contribution in [0, 0.1) is 11.7 Å². The number of nitrogens with zero attached hydrogens (tertiary/aromatic N) is 4. The monoisotopic (exact) mass is 302 g/mol. The highest BCUT2D eigenvalue weighted by Crippen LogP contribution is 2.28. The summed E-state index contributed by atoms with van der Waals surface area (Å²) in [6.07, 6.45) is 7.65. The van der Waals surface area contributed by atoms with E-state index >= 15 is 0 Å². The second kappa shape index (κ2) is 6.46. The third kappa shape index (κ3) is 3.13. The number of aromatic nitrogens is 3. The molecule has 0 saturated heterocycles. The van der Waals surface area contributed by atoms with Gasteiger partial charge in [-0.05, 0) is 30.2 Å². The Kier molecular flexibility index (Phi) is 4.41. The molecule has 22 heavy (non-hydrogen) atoms. The maximum absolute atomic E-state index is 13.0. The zero-order valence-corrected chi connectivity index (χ0v) is 13.3. The maximum Gasteiger partial charge on any atom is 0.231 e. The Morgan fingerprint density at radius 3 is 2.50 bits per heavy atom. The van der Waals surface area contributed by atoms with Crippen molar-refractivity contribution in [3.05, 3.63) is 35.9 Å². The van der Waals surface area contributed by atoms with Crippen LogP contribution in [0.1, 0.15) is 37.9 Å². The first-order valence-corrected chi connectivity index (χ1v) is 8.02. The van der Waals surface area contributed by atoms with Crippen molar-refractivity contribution < 1.29 is 4.39 Å². The predicted octanol–water partition coefficient (Wildman–Crippen LogP) is 3.84. The van der Waals surface area contributed by atoms with E-state index < -0.39 is 0 Å². The van der Waals surface area contributed by atoms with Crippen molar-refractivity contribution >= 4 is 11.6 Å². The van der Waals surface area contributed by atoms with Crippen molar-refractivity contribution in [3.63, 3.8) is 0 Å². The number of rotatable bonds is 4. The van der Waals surface area contributed by atoms with Gasteiger partial charge in [0.2, 0.25) is 5.95 Å². The molecule has 1 aliphatic rings. The summed E-state index contributed by atoms with van der Waals surface area (Å²) in [6, 6.07) is 6.44. The van der Waals surface area contributed by atoms with Gasteiger partial charge in [-0.25, -0.2) is 4.39 Å². The first-order valence-electron chi connectivity index (χ1n) is 8.02. The normalized spacial score (nSPS) is 16.0. The van der Waals surface area contributed by atoms with Crippen molar-refractivity contribution in [2.45, 2.75) is 38.5 Å². The van der Waals surface area contributed by atoms with E-state index in [1.807, 2.05) is 19.0 Å². The van der Waals surface area contributed by atoms with Crippen LogP contribution in [0.3, 0.4) is 0 Å². The molecule has 3 rings (SSSR count). The van der Waals surface area contributed by atoms with Crippen LogP contribution in [0.25, 0.3) is 0 Å². The highest BCUT2D eigenvalue weighted by Gasteiger charge is 2.19. The lowest BCUT2D eigenvalue weighted by molar-refractivity contribution is 0.349. The molecule has 0 atom stereocenters. The Morgan fingerprint density at radius 1 is 1.14 bits per heavy atom. The molecule has 2 aromatic rings. The molecule has 0 spiro atoms. The van der Waals surface area contributed by atoms with Crippen LogP contribution >= 0.6 is 0 Å². The first-order chi connectivity index (χ1) is 10.6. The lowest BCUT2D eigenvalue weighted by Crippen LogP contribution is -2.16. The summed E-state index contributed by atoms with van der Waals surface area (Å²) in [4.78, 5) is 1.94. The molecule has 0 radical (unpaired) electrons. The third-order valence-corrected chi connectivity index (χ3v) is 4.65. The number of benzene rings is 1. The van der Waals surface area contributed by atoms with Crippen molar-refractivity contribution in [3.8, 4) is 0 Å².